The molecule has 1 aliphatic rings. The number of nitrogens with one attached hydrogen (secondary N) is 1. The van der Waals surface area contributed by atoms with E-state index in [9.17, 15) is 9.18 Å². The summed E-state index contributed by atoms with van der Waals surface area (Å²) >= 11 is 0. The quantitative estimate of drug-likeness (QED) is 0.751. The van der Waals surface area contributed by atoms with Gasteiger partial charge in [-0.25, -0.2) is 9.07 Å². The first-order valence-electron chi connectivity index (χ1n) is 7.47. The molecule has 1 aliphatic heterocycles. The Balaban J connectivity index is 2.03. The van der Waals surface area contributed by atoms with Crippen LogP contribution in [0.2, 0.25) is 0 Å². The molecule has 6 heteroatoms. The van der Waals surface area contributed by atoms with E-state index < -0.39 is 0 Å². The van der Waals surface area contributed by atoms with Crippen LogP contribution in [0, 0.1) is 12.7 Å². The lowest BCUT2D eigenvalue weighted by Gasteiger charge is -2.23. The van der Waals surface area contributed by atoms with Crippen LogP contribution in [0.3, 0.4) is 0 Å². The van der Waals surface area contributed by atoms with Crippen molar-refractivity contribution < 1.29 is 9.13 Å². The number of rotatable bonds is 1. The highest BCUT2D eigenvalue weighted by Crippen LogP contribution is 2.28. The number of ether oxygens (including phenoxy) is 1. The van der Waals surface area contributed by atoms with E-state index in [0.717, 1.165) is 25.0 Å². The lowest BCUT2D eigenvalue weighted by atomic mass is 10.1. The first-order chi connectivity index (χ1) is 10.6. The van der Waals surface area contributed by atoms with E-state index in [0.29, 0.717) is 28.4 Å². The Labute approximate surface area is 125 Å². The van der Waals surface area contributed by atoms with Crippen molar-refractivity contribution in [2.75, 3.05) is 6.61 Å². The average molecular weight is 301 g/mol. The number of aryl methyl sites for hydroxylation is 1. The van der Waals surface area contributed by atoms with Gasteiger partial charge in [0.2, 0.25) is 0 Å². The topological polar surface area (TPSA) is 59.9 Å². The van der Waals surface area contributed by atoms with E-state index in [1.807, 2.05) is 6.92 Å². The molecule has 1 unspecified atom stereocenters. The molecule has 114 valence electrons. The predicted octanol–water partition coefficient (Wildman–Crippen LogP) is 3.02. The van der Waals surface area contributed by atoms with E-state index in [1.165, 1.54) is 12.1 Å². The van der Waals surface area contributed by atoms with E-state index in [4.69, 9.17) is 4.74 Å². The first-order valence-corrected chi connectivity index (χ1v) is 7.47. The molecule has 0 spiro atoms. The van der Waals surface area contributed by atoms with Crippen LogP contribution in [-0.2, 0) is 4.74 Å². The van der Waals surface area contributed by atoms with Crippen LogP contribution in [0.15, 0.2) is 23.0 Å². The maximum atomic E-state index is 13.6. The van der Waals surface area contributed by atoms with Crippen LogP contribution < -0.4 is 5.56 Å². The monoisotopic (exact) mass is 301 g/mol. The molecule has 0 aliphatic carbocycles. The molecule has 0 radical (unpaired) electrons. The van der Waals surface area contributed by atoms with Crippen LogP contribution in [0.4, 0.5) is 4.39 Å². The third kappa shape index (κ3) is 1.94. The van der Waals surface area contributed by atoms with Crippen LogP contribution in [-0.4, -0.2) is 21.4 Å². The number of hydrogen-bond donors (Lipinski definition) is 1. The highest BCUT2D eigenvalue weighted by molar-refractivity contribution is 6.03. The van der Waals surface area contributed by atoms with Crippen LogP contribution in [0.5, 0.6) is 0 Å². The molecule has 3 heterocycles. The summed E-state index contributed by atoms with van der Waals surface area (Å²) in [5.41, 5.74) is 1.68. The molecule has 3 aromatic rings. The van der Waals surface area contributed by atoms with Gasteiger partial charge >= 0.3 is 0 Å². The number of nitrogens with zero attached hydrogens (tertiary/aromatic N) is 2. The molecule has 1 N–H and O–H groups in total. The molecule has 0 saturated carbocycles. The Kier molecular flexibility index (Phi) is 3.00. The maximum Gasteiger partial charge on any atom is 0.259 e. The number of aromatic amines is 1. The molecule has 1 saturated heterocycles. The Morgan fingerprint density at radius 2 is 2.27 bits per heavy atom. The van der Waals surface area contributed by atoms with Crippen LogP contribution >= 0.6 is 0 Å². The molecule has 4 rings (SSSR count). The fraction of sp³-hybridized carbons (Fsp3) is 0.375. The summed E-state index contributed by atoms with van der Waals surface area (Å²) in [6.45, 7) is 2.56. The number of benzene rings is 1. The SMILES string of the molecule is Cc1c2c(=O)[nH]c3ccc(F)cc3c2nn1C1CCCCO1. The van der Waals surface area contributed by atoms with Gasteiger partial charge in [0.25, 0.3) is 5.56 Å². The normalized spacial score (nSPS) is 19.1. The number of halogens is 1. The standard InChI is InChI=1S/C16H16FN3O2/c1-9-14-15(19-20(9)13-4-2-3-7-22-13)11-8-10(17)5-6-12(11)18-16(14)21/h5-6,8,13H,2-4,7H2,1H3,(H,18,21). The zero-order chi connectivity index (χ0) is 15.3. The van der Waals surface area contributed by atoms with Gasteiger partial charge in [-0.05, 0) is 44.4 Å². The number of fused-ring (bicyclic) bond motifs is 3. The second-order valence-corrected chi connectivity index (χ2v) is 5.72. The molecule has 22 heavy (non-hydrogen) atoms. The third-order valence-corrected chi connectivity index (χ3v) is 4.29. The van der Waals surface area contributed by atoms with Crippen molar-refractivity contribution in [3.05, 3.63) is 40.1 Å². The summed E-state index contributed by atoms with van der Waals surface area (Å²) in [4.78, 5) is 15.2. The second-order valence-electron chi connectivity index (χ2n) is 5.72. The van der Waals surface area contributed by atoms with Crippen molar-refractivity contribution in [2.24, 2.45) is 0 Å². The van der Waals surface area contributed by atoms with Crippen molar-refractivity contribution in [1.29, 1.82) is 0 Å². The smallest absolute Gasteiger partial charge is 0.259 e. The van der Waals surface area contributed by atoms with E-state index in [2.05, 4.69) is 10.1 Å². The number of H-pyrrole nitrogens is 1. The Bertz CT molecular complexity index is 922. The Morgan fingerprint density at radius 1 is 1.41 bits per heavy atom. The van der Waals surface area contributed by atoms with Gasteiger partial charge in [-0.15, -0.1) is 0 Å². The third-order valence-electron chi connectivity index (χ3n) is 4.29. The lowest BCUT2D eigenvalue weighted by Crippen LogP contribution is -2.20. The molecule has 0 bridgehead atoms. The summed E-state index contributed by atoms with van der Waals surface area (Å²) in [7, 11) is 0. The van der Waals surface area contributed by atoms with Crippen molar-refractivity contribution in [3.8, 4) is 0 Å². The minimum Gasteiger partial charge on any atom is -0.357 e. The summed E-state index contributed by atoms with van der Waals surface area (Å²) in [5.74, 6) is -0.345. The first kappa shape index (κ1) is 13.5. The van der Waals surface area contributed by atoms with Crippen molar-refractivity contribution >= 4 is 21.8 Å². The van der Waals surface area contributed by atoms with Gasteiger partial charge in [-0.1, -0.05) is 0 Å². The van der Waals surface area contributed by atoms with Gasteiger partial charge in [0.05, 0.1) is 16.6 Å². The summed E-state index contributed by atoms with van der Waals surface area (Å²) in [6, 6.07) is 4.31. The van der Waals surface area contributed by atoms with E-state index in [-0.39, 0.29) is 17.6 Å². The van der Waals surface area contributed by atoms with Gasteiger partial charge < -0.3 is 9.72 Å². The minimum atomic E-state index is -0.345. The van der Waals surface area contributed by atoms with E-state index >= 15 is 0 Å². The predicted molar refractivity (Wildman–Crippen MR) is 81.4 cm³/mol. The number of pyridine rings is 1. The largest absolute Gasteiger partial charge is 0.357 e. The molecule has 1 atom stereocenters. The highest BCUT2D eigenvalue weighted by atomic mass is 19.1. The zero-order valence-corrected chi connectivity index (χ0v) is 12.2. The number of aromatic nitrogens is 3. The molecule has 0 amide bonds. The fourth-order valence-corrected chi connectivity index (χ4v) is 3.18. The summed E-state index contributed by atoms with van der Waals surface area (Å²) < 4.78 is 21.1. The molecule has 1 aromatic carbocycles. The van der Waals surface area contributed by atoms with E-state index in [1.54, 1.807) is 10.7 Å². The highest BCUT2D eigenvalue weighted by Gasteiger charge is 2.22. The van der Waals surface area contributed by atoms with Gasteiger partial charge in [0.1, 0.15) is 17.6 Å². The molecule has 5 nitrogen and oxygen atoms in total. The van der Waals surface area contributed by atoms with Crippen molar-refractivity contribution in [2.45, 2.75) is 32.4 Å². The summed E-state index contributed by atoms with van der Waals surface area (Å²) in [6.07, 6.45) is 2.85. The minimum absolute atomic E-state index is 0.149. The Hall–Kier alpha value is -2.21. The molecule has 2 aromatic heterocycles. The van der Waals surface area contributed by atoms with Crippen molar-refractivity contribution in [3.63, 3.8) is 0 Å². The summed E-state index contributed by atoms with van der Waals surface area (Å²) in [5, 5.41) is 5.70. The Morgan fingerprint density at radius 3 is 3.05 bits per heavy atom. The molecular formula is C16H16FN3O2. The van der Waals surface area contributed by atoms with Gasteiger partial charge in [0.15, 0.2) is 0 Å². The van der Waals surface area contributed by atoms with Gasteiger partial charge in [-0.3, -0.25) is 4.79 Å². The van der Waals surface area contributed by atoms with Gasteiger partial charge in [0, 0.05) is 12.0 Å². The zero-order valence-electron chi connectivity index (χ0n) is 12.2. The fourth-order valence-electron chi connectivity index (χ4n) is 3.18. The maximum absolute atomic E-state index is 13.6. The average Bonchev–Trinajstić information content (AvgIpc) is 2.88. The van der Waals surface area contributed by atoms with Gasteiger partial charge in [-0.2, -0.15) is 5.10 Å². The number of hydrogen-bond acceptors (Lipinski definition) is 3. The molecular weight excluding hydrogens is 285 g/mol. The van der Waals surface area contributed by atoms with Crippen LogP contribution in [0.25, 0.3) is 21.8 Å². The van der Waals surface area contributed by atoms with Crippen LogP contribution in [0.1, 0.15) is 31.2 Å². The molecule has 1 fully saturated rings. The lowest BCUT2D eigenvalue weighted by molar-refractivity contribution is -0.0402. The van der Waals surface area contributed by atoms with Crippen molar-refractivity contribution in [1.82, 2.24) is 14.8 Å². The second kappa shape index (κ2) is 4.91.